The molecule has 0 saturated heterocycles. The van der Waals surface area contributed by atoms with Crippen LogP contribution in [0.2, 0.25) is 0 Å². The Balaban J connectivity index is 2.17. The van der Waals surface area contributed by atoms with Crippen LogP contribution in [0.1, 0.15) is 51.8 Å². The molecule has 1 saturated carbocycles. The lowest BCUT2D eigenvalue weighted by Crippen LogP contribution is -2.29. The van der Waals surface area contributed by atoms with Crippen LogP contribution in [0.25, 0.3) is 0 Å². The van der Waals surface area contributed by atoms with E-state index in [0.29, 0.717) is 18.0 Å². The van der Waals surface area contributed by atoms with Gasteiger partial charge in [-0.2, -0.15) is 0 Å². The zero-order valence-electron chi connectivity index (χ0n) is 12.5. The van der Waals surface area contributed by atoms with E-state index in [-0.39, 0.29) is 11.5 Å². The Morgan fingerprint density at radius 1 is 1.45 bits per heavy atom. The van der Waals surface area contributed by atoms with Crippen LogP contribution in [0, 0.1) is 5.41 Å². The van der Waals surface area contributed by atoms with Gasteiger partial charge in [-0.15, -0.1) is 0 Å². The van der Waals surface area contributed by atoms with Gasteiger partial charge in [0.25, 0.3) is 0 Å². The standard InChI is InChI=1S/C14H25N3O2S/c1-4-14(5-6-14)10-16-20(18,19)13-7-12(8-15)17(9-13)11(2)3/h7,9,11,16H,4-6,8,10,15H2,1-3H3. The predicted molar refractivity (Wildman–Crippen MR) is 79.9 cm³/mol. The van der Waals surface area contributed by atoms with Crippen LogP contribution in [0.15, 0.2) is 17.2 Å². The summed E-state index contributed by atoms with van der Waals surface area (Å²) in [7, 11) is -3.44. The summed E-state index contributed by atoms with van der Waals surface area (Å²) in [5.74, 6) is 0. The molecule has 20 heavy (non-hydrogen) atoms. The molecule has 1 fully saturated rings. The molecular formula is C14H25N3O2S. The molecule has 0 aliphatic heterocycles. The van der Waals surface area contributed by atoms with Gasteiger partial charge >= 0.3 is 0 Å². The first-order valence-electron chi connectivity index (χ1n) is 7.24. The van der Waals surface area contributed by atoms with Crippen molar-refractivity contribution < 1.29 is 8.42 Å². The normalized spacial score (nSPS) is 17.6. The highest BCUT2D eigenvalue weighted by molar-refractivity contribution is 7.89. The van der Waals surface area contributed by atoms with Crippen molar-refractivity contribution >= 4 is 10.0 Å². The molecule has 0 unspecified atom stereocenters. The van der Waals surface area contributed by atoms with E-state index < -0.39 is 10.0 Å². The highest BCUT2D eigenvalue weighted by atomic mass is 32.2. The van der Waals surface area contributed by atoms with Gasteiger partial charge in [0.05, 0.1) is 4.90 Å². The summed E-state index contributed by atoms with van der Waals surface area (Å²) in [5, 5.41) is 0. The van der Waals surface area contributed by atoms with Crippen molar-refractivity contribution in [3.8, 4) is 0 Å². The van der Waals surface area contributed by atoms with Crippen LogP contribution in [-0.4, -0.2) is 19.5 Å². The van der Waals surface area contributed by atoms with Crippen LogP contribution in [-0.2, 0) is 16.6 Å². The maximum Gasteiger partial charge on any atom is 0.242 e. The first-order valence-corrected chi connectivity index (χ1v) is 8.72. The van der Waals surface area contributed by atoms with Gasteiger partial charge in [-0.25, -0.2) is 13.1 Å². The second-order valence-electron chi connectivity index (χ2n) is 6.05. The Labute approximate surface area is 121 Å². The predicted octanol–water partition coefficient (Wildman–Crippen LogP) is 2.00. The Bertz CT molecular complexity index is 571. The molecule has 1 aromatic heterocycles. The number of hydrogen-bond donors (Lipinski definition) is 2. The Morgan fingerprint density at radius 3 is 2.50 bits per heavy atom. The van der Waals surface area contributed by atoms with Gasteiger partial charge < -0.3 is 10.3 Å². The molecule has 0 aromatic carbocycles. The molecular weight excluding hydrogens is 274 g/mol. The number of aromatic nitrogens is 1. The monoisotopic (exact) mass is 299 g/mol. The molecule has 0 spiro atoms. The average Bonchev–Trinajstić information content (AvgIpc) is 3.05. The van der Waals surface area contributed by atoms with Crippen molar-refractivity contribution in [3.05, 3.63) is 18.0 Å². The topological polar surface area (TPSA) is 77.1 Å². The molecule has 3 N–H and O–H groups in total. The van der Waals surface area contributed by atoms with Crippen LogP contribution in [0.5, 0.6) is 0 Å². The van der Waals surface area contributed by atoms with Gasteiger partial charge in [0, 0.05) is 31.0 Å². The van der Waals surface area contributed by atoms with Crippen molar-refractivity contribution in [1.82, 2.24) is 9.29 Å². The van der Waals surface area contributed by atoms with E-state index in [2.05, 4.69) is 11.6 Å². The SMILES string of the molecule is CCC1(CNS(=O)(=O)c2cc(CN)n(C(C)C)c2)CC1. The van der Waals surface area contributed by atoms with Crippen LogP contribution in [0.4, 0.5) is 0 Å². The van der Waals surface area contributed by atoms with Gasteiger partial charge in [0.1, 0.15) is 0 Å². The van der Waals surface area contributed by atoms with Crippen molar-refractivity contribution in [1.29, 1.82) is 0 Å². The summed E-state index contributed by atoms with van der Waals surface area (Å²) in [6.45, 7) is 7.02. The zero-order chi connectivity index (χ0) is 15.0. The first-order chi connectivity index (χ1) is 9.33. The van der Waals surface area contributed by atoms with E-state index in [1.807, 2.05) is 18.4 Å². The number of nitrogens with two attached hydrogens (primary N) is 1. The van der Waals surface area contributed by atoms with Gasteiger partial charge in [-0.3, -0.25) is 0 Å². The number of hydrogen-bond acceptors (Lipinski definition) is 3. The minimum absolute atomic E-state index is 0.197. The summed E-state index contributed by atoms with van der Waals surface area (Å²) in [4.78, 5) is 0.318. The average molecular weight is 299 g/mol. The largest absolute Gasteiger partial charge is 0.346 e. The third-order valence-electron chi connectivity index (χ3n) is 4.33. The number of sulfonamides is 1. The minimum Gasteiger partial charge on any atom is -0.346 e. The number of nitrogens with zero attached hydrogens (tertiary/aromatic N) is 1. The second kappa shape index (κ2) is 5.50. The molecule has 5 nitrogen and oxygen atoms in total. The van der Waals surface area contributed by atoms with Crippen molar-refractivity contribution in [3.63, 3.8) is 0 Å². The molecule has 6 heteroatoms. The van der Waals surface area contributed by atoms with E-state index >= 15 is 0 Å². The number of rotatable bonds is 7. The molecule has 0 amide bonds. The van der Waals surface area contributed by atoms with Crippen molar-refractivity contribution in [2.45, 2.75) is 57.5 Å². The Kier molecular flexibility index (Phi) is 4.27. The fourth-order valence-electron chi connectivity index (χ4n) is 2.45. The first kappa shape index (κ1) is 15.5. The molecule has 2 rings (SSSR count). The molecule has 1 heterocycles. The fraction of sp³-hybridized carbons (Fsp3) is 0.714. The molecule has 0 atom stereocenters. The molecule has 1 aliphatic carbocycles. The smallest absolute Gasteiger partial charge is 0.242 e. The lowest BCUT2D eigenvalue weighted by molar-refractivity contribution is 0.475. The van der Waals surface area contributed by atoms with E-state index in [9.17, 15) is 8.42 Å². The lowest BCUT2D eigenvalue weighted by Gasteiger charge is -2.13. The Hall–Kier alpha value is -0.850. The van der Waals surface area contributed by atoms with Gasteiger partial charge in [0.15, 0.2) is 0 Å². The maximum absolute atomic E-state index is 12.4. The van der Waals surface area contributed by atoms with Gasteiger partial charge in [0.2, 0.25) is 10.0 Å². The maximum atomic E-state index is 12.4. The van der Waals surface area contributed by atoms with Crippen molar-refractivity contribution in [2.24, 2.45) is 11.1 Å². The van der Waals surface area contributed by atoms with E-state index in [1.54, 1.807) is 12.3 Å². The summed E-state index contributed by atoms with van der Waals surface area (Å²) in [6, 6.07) is 1.87. The summed E-state index contributed by atoms with van der Waals surface area (Å²) >= 11 is 0. The number of nitrogens with one attached hydrogen (secondary N) is 1. The van der Waals surface area contributed by atoms with Crippen molar-refractivity contribution in [2.75, 3.05) is 6.54 Å². The minimum atomic E-state index is -3.44. The Morgan fingerprint density at radius 2 is 2.10 bits per heavy atom. The molecule has 0 bridgehead atoms. The van der Waals surface area contributed by atoms with Gasteiger partial charge in [-0.1, -0.05) is 6.92 Å². The quantitative estimate of drug-likeness (QED) is 0.808. The van der Waals surface area contributed by atoms with Crippen LogP contribution in [0.3, 0.4) is 0 Å². The molecule has 0 radical (unpaired) electrons. The summed E-state index contributed by atoms with van der Waals surface area (Å²) in [5.41, 5.74) is 6.73. The summed E-state index contributed by atoms with van der Waals surface area (Å²) < 4.78 is 29.4. The molecule has 1 aliphatic rings. The van der Waals surface area contributed by atoms with Crippen LogP contribution >= 0.6 is 0 Å². The van der Waals surface area contributed by atoms with Gasteiger partial charge in [-0.05, 0) is 44.6 Å². The fourth-order valence-corrected chi connectivity index (χ4v) is 3.66. The van der Waals surface area contributed by atoms with E-state index in [4.69, 9.17) is 5.73 Å². The highest BCUT2D eigenvalue weighted by Gasteiger charge is 2.41. The molecule has 1 aromatic rings. The third-order valence-corrected chi connectivity index (χ3v) is 5.70. The van der Waals surface area contributed by atoms with E-state index in [0.717, 1.165) is 25.0 Å². The van der Waals surface area contributed by atoms with E-state index in [1.165, 1.54) is 0 Å². The molecule has 114 valence electrons. The van der Waals surface area contributed by atoms with Crippen LogP contribution < -0.4 is 10.5 Å². The third kappa shape index (κ3) is 3.07. The highest BCUT2D eigenvalue weighted by Crippen LogP contribution is 2.48. The lowest BCUT2D eigenvalue weighted by atomic mass is 10.1. The second-order valence-corrected chi connectivity index (χ2v) is 7.82. The zero-order valence-corrected chi connectivity index (χ0v) is 13.3. The summed E-state index contributed by atoms with van der Waals surface area (Å²) in [6.07, 6.45) is 4.94.